The number of carbonyl (C=O) groups excluding carboxylic acids is 1. The van der Waals surface area contributed by atoms with E-state index < -0.39 is 10.0 Å². The third-order valence-electron chi connectivity index (χ3n) is 3.44. The summed E-state index contributed by atoms with van der Waals surface area (Å²) in [7, 11) is -3.69. The summed E-state index contributed by atoms with van der Waals surface area (Å²) in [6.07, 6.45) is 6.83. The van der Waals surface area contributed by atoms with Crippen LogP contribution >= 0.6 is 11.3 Å². The van der Waals surface area contributed by atoms with Crippen molar-refractivity contribution in [3.05, 3.63) is 0 Å². The molecule has 8 nitrogen and oxygen atoms in total. The average Bonchev–Trinajstić information content (AvgIpc) is 2.96. The Labute approximate surface area is 140 Å². The number of ether oxygens (including phenoxy) is 1. The lowest BCUT2D eigenvalue weighted by Crippen LogP contribution is -2.26. The number of hydrogen-bond donors (Lipinski definition) is 2. The largest absolute Gasteiger partial charge is 0.378 e. The number of amides is 1. The van der Waals surface area contributed by atoms with Gasteiger partial charge < -0.3 is 10.1 Å². The molecule has 1 heterocycles. The molecule has 0 radical (unpaired) electrons. The van der Waals surface area contributed by atoms with Gasteiger partial charge in [0.15, 0.2) is 0 Å². The normalized spacial score (nSPS) is 16.4. The maximum atomic E-state index is 12.0. The first-order chi connectivity index (χ1) is 11.0. The second-order valence-corrected chi connectivity index (χ2v) is 8.35. The molecule has 0 atom stereocenters. The molecule has 0 spiro atoms. The summed E-state index contributed by atoms with van der Waals surface area (Å²) in [5.74, 6) is -0.321. The van der Waals surface area contributed by atoms with Crippen molar-refractivity contribution in [2.24, 2.45) is 0 Å². The van der Waals surface area contributed by atoms with Gasteiger partial charge in [0.2, 0.25) is 15.4 Å². The van der Waals surface area contributed by atoms with E-state index in [9.17, 15) is 13.2 Å². The van der Waals surface area contributed by atoms with E-state index in [-0.39, 0.29) is 21.9 Å². The molecular weight excluding hydrogens is 340 g/mol. The molecule has 1 aromatic heterocycles. The van der Waals surface area contributed by atoms with Gasteiger partial charge in [0.1, 0.15) is 0 Å². The third-order valence-corrected chi connectivity index (χ3v) is 6.11. The average molecular weight is 362 g/mol. The minimum absolute atomic E-state index is 0.158. The smallest absolute Gasteiger partial charge is 0.269 e. The quantitative estimate of drug-likeness (QED) is 0.536. The molecule has 1 aliphatic rings. The van der Waals surface area contributed by atoms with Crippen molar-refractivity contribution >= 4 is 32.4 Å². The Balaban J connectivity index is 1.71. The highest BCUT2D eigenvalue weighted by atomic mass is 32.2. The van der Waals surface area contributed by atoms with Crippen molar-refractivity contribution in [2.45, 2.75) is 55.9 Å². The van der Waals surface area contributed by atoms with E-state index in [0.717, 1.165) is 24.2 Å². The molecular formula is C13H22N4O4S2. The number of rotatable bonds is 8. The van der Waals surface area contributed by atoms with Gasteiger partial charge in [0.25, 0.3) is 10.0 Å². The first kappa shape index (κ1) is 18.2. The van der Waals surface area contributed by atoms with Crippen molar-refractivity contribution in [3.63, 3.8) is 0 Å². The van der Waals surface area contributed by atoms with Gasteiger partial charge in [0, 0.05) is 20.1 Å². The van der Waals surface area contributed by atoms with E-state index in [1.54, 1.807) is 0 Å². The maximum Gasteiger partial charge on any atom is 0.269 e. The Morgan fingerprint density at radius 1 is 1.30 bits per heavy atom. The molecule has 23 heavy (non-hydrogen) atoms. The molecule has 1 fully saturated rings. The summed E-state index contributed by atoms with van der Waals surface area (Å²) >= 11 is 0.819. The lowest BCUT2D eigenvalue weighted by molar-refractivity contribution is -0.114. The van der Waals surface area contributed by atoms with Crippen LogP contribution in [0.15, 0.2) is 4.34 Å². The Hall–Kier alpha value is -1.10. The molecule has 1 aromatic rings. The Morgan fingerprint density at radius 2 is 2.04 bits per heavy atom. The summed E-state index contributed by atoms with van der Waals surface area (Å²) < 4.78 is 32.1. The number of nitrogens with zero attached hydrogens (tertiary/aromatic N) is 2. The van der Waals surface area contributed by atoms with Crippen LogP contribution in [0.1, 0.15) is 45.4 Å². The fourth-order valence-electron chi connectivity index (χ4n) is 2.34. The van der Waals surface area contributed by atoms with Gasteiger partial charge in [-0.05, 0) is 19.3 Å². The van der Waals surface area contributed by atoms with Crippen molar-refractivity contribution in [1.82, 2.24) is 14.9 Å². The summed E-state index contributed by atoms with van der Waals surface area (Å²) in [6.45, 7) is 2.14. The highest BCUT2D eigenvalue weighted by Crippen LogP contribution is 2.21. The van der Waals surface area contributed by atoms with Crippen LogP contribution in [0.3, 0.4) is 0 Å². The zero-order chi connectivity index (χ0) is 16.7. The second-order valence-electron chi connectivity index (χ2n) is 5.44. The van der Waals surface area contributed by atoms with Gasteiger partial charge in [-0.1, -0.05) is 30.6 Å². The topological polar surface area (TPSA) is 110 Å². The lowest BCUT2D eigenvalue weighted by Gasteiger charge is -2.21. The number of hydrogen-bond acceptors (Lipinski definition) is 7. The van der Waals surface area contributed by atoms with Crippen LogP contribution in [0, 0.1) is 0 Å². The summed E-state index contributed by atoms with van der Waals surface area (Å²) in [5.41, 5.74) is 0. The number of anilines is 1. The molecule has 10 heteroatoms. The van der Waals surface area contributed by atoms with E-state index in [1.807, 2.05) is 0 Å². The summed E-state index contributed by atoms with van der Waals surface area (Å²) in [6, 6.07) is 0. The zero-order valence-electron chi connectivity index (χ0n) is 13.1. The van der Waals surface area contributed by atoms with Gasteiger partial charge in [-0.15, -0.1) is 10.2 Å². The standard InChI is InChI=1S/C13H22N4O4S2/c1-10(18)15-12-16-17-13(22-12)23(19,20)14-8-5-9-21-11-6-3-2-4-7-11/h11,14H,2-9H2,1H3,(H,15,16,18). The fraction of sp³-hybridized carbons (Fsp3) is 0.769. The first-order valence-electron chi connectivity index (χ1n) is 7.70. The third kappa shape index (κ3) is 6.13. The molecule has 1 aliphatic carbocycles. The molecule has 2 N–H and O–H groups in total. The van der Waals surface area contributed by atoms with Crippen molar-refractivity contribution in [2.75, 3.05) is 18.5 Å². The van der Waals surface area contributed by atoms with E-state index in [0.29, 0.717) is 19.1 Å². The summed E-state index contributed by atoms with van der Waals surface area (Å²) in [4.78, 5) is 10.9. The highest BCUT2D eigenvalue weighted by molar-refractivity contribution is 7.91. The van der Waals surface area contributed by atoms with Crippen molar-refractivity contribution < 1.29 is 17.9 Å². The van der Waals surface area contributed by atoms with E-state index in [4.69, 9.17) is 4.74 Å². The van der Waals surface area contributed by atoms with Crippen molar-refractivity contribution in [1.29, 1.82) is 0 Å². The molecule has 1 amide bonds. The zero-order valence-corrected chi connectivity index (χ0v) is 14.7. The van der Waals surface area contributed by atoms with Crippen LogP contribution in [0.4, 0.5) is 5.13 Å². The number of sulfonamides is 1. The monoisotopic (exact) mass is 362 g/mol. The van der Waals surface area contributed by atoms with Gasteiger partial charge in [0.05, 0.1) is 6.10 Å². The van der Waals surface area contributed by atoms with E-state index in [1.165, 1.54) is 26.2 Å². The molecule has 130 valence electrons. The predicted octanol–water partition coefficient (Wildman–Crippen LogP) is 1.51. The molecule has 0 unspecified atom stereocenters. The molecule has 0 saturated heterocycles. The van der Waals surface area contributed by atoms with Gasteiger partial charge in [-0.3, -0.25) is 4.79 Å². The van der Waals surface area contributed by atoms with Crippen LogP contribution in [0.25, 0.3) is 0 Å². The van der Waals surface area contributed by atoms with Crippen LogP contribution in [-0.4, -0.2) is 43.8 Å². The van der Waals surface area contributed by atoms with Gasteiger partial charge in [-0.2, -0.15) is 0 Å². The van der Waals surface area contributed by atoms with Crippen LogP contribution in [0.2, 0.25) is 0 Å². The Bertz CT molecular complexity index is 611. The maximum absolute atomic E-state index is 12.0. The van der Waals surface area contributed by atoms with Gasteiger partial charge >= 0.3 is 0 Å². The lowest BCUT2D eigenvalue weighted by atomic mass is 9.98. The van der Waals surface area contributed by atoms with Crippen LogP contribution < -0.4 is 10.0 Å². The highest BCUT2D eigenvalue weighted by Gasteiger charge is 2.20. The van der Waals surface area contributed by atoms with E-state index in [2.05, 4.69) is 20.2 Å². The molecule has 0 bridgehead atoms. The number of nitrogens with one attached hydrogen (secondary N) is 2. The number of carbonyl (C=O) groups is 1. The SMILES string of the molecule is CC(=O)Nc1nnc(S(=O)(=O)NCCCOC2CCCCC2)s1. The summed E-state index contributed by atoms with van der Waals surface area (Å²) in [5, 5.41) is 9.78. The Morgan fingerprint density at radius 3 is 2.74 bits per heavy atom. The Kier molecular flexibility index (Phi) is 6.88. The first-order valence-corrected chi connectivity index (χ1v) is 10.00. The van der Waals surface area contributed by atoms with E-state index >= 15 is 0 Å². The molecule has 0 aliphatic heterocycles. The fourth-order valence-corrected chi connectivity index (χ4v) is 4.40. The minimum atomic E-state index is -3.69. The molecule has 2 rings (SSSR count). The van der Waals surface area contributed by atoms with Crippen molar-refractivity contribution in [3.8, 4) is 0 Å². The molecule has 0 aromatic carbocycles. The second kappa shape index (κ2) is 8.67. The van der Waals surface area contributed by atoms with Gasteiger partial charge in [-0.25, -0.2) is 13.1 Å². The minimum Gasteiger partial charge on any atom is -0.378 e. The van der Waals surface area contributed by atoms with Crippen LogP contribution in [-0.2, 0) is 19.6 Å². The van der Waals surface area contributed by atoms with Crippen LogP contribution in [0.5, 0.6) is 0 Å². The predicted molar refractivity (Wildman–Crippen MR) is 86.8 cm³/mol. The number of aromatic nitrogens is 2. The molecule has 1 saturated carbocycles.